The highest BCUT2D eigenvalue weighted by Crippen LogP contribution is 2.25. The van der Waals surface area contributed by atoms with Crippen LogP contribution in [0.2, 0.25) is 0 Å². The molecular weight excluding hydrogens is 376 g/mol. The Balaban J connectivity index is 1.72. The summed E-state index contributed by atoms with van der Waals surface area (Å²) >= 11 is 0. The first kappa shape index (κ1) is 25.8. The Hall–Kier alpha value is -1.44. The van der Waals surface area contributed by atoms with Crippen LogP contribution in [-0.4, -0.2) is 22.5 Å². The second-order valence-electron chi connectivity index (χ2n) is 9.56. The smallest absolute Gasteiger partial charge is 0.101 e. The molecule has 0 amide bonds. The molecule has 31 heavy (non-hydrogen) atoms. The van der Waals surface area contributed by atoms with E-state index >= 15 is 0 Å². The molecule has 1 aliphatic heterocycles. The minimum Gasteiger partial charge on any atom is -0.356 e. The molecule has 0 saturated heterocycles. The van der Waals surface area contributed by atoms with Gasteiger partial charge < -0.3 is 9.80 Å². The molecule has 1 atom stereocenters. The van der Waals surface area contributed by atoms with Crippen molar-refractivity contribution in [3.63, 3.8) is 0 Å². The minimum atomic E-state index is 0.556. The van der Waals surface area contributed by atoms with E-state index in [4.69, 9.17) is 0 Å². The van der Waals surface area contributed by atoms with Gasteiger partial charge in [0.1, 0.15) is 6.17 Å². The lowest BCUT2D eigenvalue weighted by atomic mass is 10.1. The van der Waals surface area contributed by atoms with E-state index in [1.807, 2.05) is 0 Å². The Morgan fingerprint density at radius 2 is 1.10 bits per heavy atom. The van der Waals surface area contributed by atoms with Crippen LogP contribution >= 0.6 is 0 Å². The molecule has 1 aliphatic rings. The fourth-order valence-electron chi connectivity index (χ4n) is 4.78. The molecule has 0 spiro atoms. The van der Waals surface area contributed by atoms with Gasteiger partial charge >= 0.3 is 0 Å². The van der Waals surface area contributed by atoms with Crippen molar-refractivity contribution in [2.24, 2.45) is 0 Å². The fraction of sp³-hybridized carbons (Fsp3) is 0.724. The maximum absolute atomic E-state index is 2.63. The van der Waals surface area contributed by atoms with E-state index in [0.29, 0.717) is 6.17 Å². The van der Waals surface area contributed by atoms with E-state index < -0.39 is 0 Å². The third kappa shape index (κ3) is 11.1. The molecule has 0 aromatic heterocycles. The summed E-state index contributed by atoms with van der Waals surface area (Å²) in [6.07, 6.45) is 27.5. The lowest BCUT2D eigenvalue weighted by molar-refractivity contribution is 0.132. The molecule has 0 bridgehead atoms. The molecule has 0 fully saturated rings. The van der Waals surface area contributed by atoms with Crippen molar-refractivity contribution in [2.75, 3.05) is 6.54 Å². The Morgan fingerprint density at radius 1 is 0.581 bits per heavy atom. The summed E-state index contributed by atoms with van der Waals surface area (Å²) in [4.78, 5) is 5.21. The molecule has 0 aliphatic carbocycles. The number of hydrogen-bond donors (Lipinski definition) is 0. The van der Waals surface area contributed by atoms with Crippen molar-refractivity contribution in [1.82, 2.24) is 9.80 Å². The summed E-state index contributed by atoms with van der Waals surface area (Å²) in [7, 11) is 0. The second kappa shape index (κ2) is 17.2. The van der Waals surface area contributed by atoms with Crippen LogP contribution in [0.1, 0.15) is 122 Å². The van der Waals surface area contributed by atoms with Gasteiger partial charge in [0.05, 0.1) is 0 Å². The summed E-state index contributed by atoms with van der Waals surface area (Å²) in [6, 6.07) is 11.0. The van der Waals surface area contributed by atoms with E-state index in [2.05, 4.69) is 66.4 Å². The molecule has 1 aromatic carbocycles. The highest BCUT2D eigenvalue weighted by Gasteiger charge is 2.25. The Morgan fingerprint density at radius 3 is 1.71 bits per heavy atom. The van der Waals surface area contributed by atoms with Gasteiger partial charge in [0.25, 0.3) is 0 Å². The highest BCUT2D eigenvalue weighted by molar-refractivity contribution is 5.15. The molecule has 0 N–H and O–H groups in total. The van der Waals surface area contributed by atoms with Crippen LogP contribution in [0, 0.1) is 0 Å². The van der Waals surface area contributed by atoms with Gasteiger partial charge in [-0.3, -0.25) is 0 Å². The van der Waals surface area contributed by atoms with E-state index in [1.54, 1.807) is 0 Å². The quantitative estimate of drug-likeness (QED) is 0.204. The molecule has 1 heterocycles. The maximum Gasteiger partial charge on any atom is 0.101 e. The van der Waals surface area contributed by atoms with Crippen molar-refractivity contribution in [3.8, 4) is 0 Å². The normalized spacial score (nSPS) is 15.9. The SMILES string of the molecule is CCCCCCCCCCCC1N(CCCCCCCC)C=CN1Cc1ccccc1. The monoisotopic (exact) mass is 426 g/mol. The molecule has 2 heteroatoms. The van der Waals surface area contributed by atoms with Crippen LogP contribution in [0.3, 0.4) is 0 Å². The number of nitrogens with zero attached hydrogens (tertiary/aromatic N) is 2. The predicted octanol–water partition coefficient (Wildman–Crippen LogP) is 8.88. The molecule has 0 radical (unpaired) electrons. The molecule has 2 rings (SSSR count). The first-order valence-corrected chi connectivity index (χ1v) is 13.6. The Bertz CT molecular complexity index is 553. The molecule has 1 unspecified atom stereocenters. The van der Waals surface area contributed by atoms with Crippen molar-refractivity contribution in [2.45, 2.75) is 129 Å². The van der Waals surface area contributed by atoms with Crippen molar-refractivity contribution in [3.05, 3.63) is 48.3 Å². The van der Waals surface area contributed by atoms with E-state index in [1.165, 1.54) is 115 Å². The molecular formula is C29H50N2. The first-order chi connectivity index (χ1) is 15.3. The largest absolute Gasteiger partial charge is 0.356 e. The minimum absolute atomic E-state index is 0.556. The zero-order valence-electron chi connectivity index (χ0n) is 20.7. The number of unbranched alkanes of at least 4 members (excludes halogenated alkanes) is 13. The van der Waals surface area contributed by atoms with Gasteiger partial charge in [-0.1, -0.05) is 128 Å². The third-order valence-electron chi connectivity index (χ3n) is 6.76. The number of benzene rings is 1. The number of rotatable bonds is 19. The second-order valence-corrected chi connectivity index (χ2v) is 9.56. The van der Waals surface area contributed by atoms with E-state index in [9.17, 15) is 0 Å². The van der Waals surface area contributed by atoms with Crippen LogP contribution in [0.25, 0.3) is 0 Å². The average Bonchev–Trinajstić information content (AvgIpc) is 3.17. The van der Waals surface area contributed by atoms with Crippen molar-refractivity contribution >= 4 is 0 Å². The van der Waals surface area contributed by atoms with Crippen molar-refractivity contribution < 1.29 is 0 Å². The van der Waals surface area contributed by atoms with Crippen LogP contribution in [0.4, 0.5) is 0 Å². The molecule has 2 nitrogen and oxygen atoms in total. The van der Waals surface area contributed by atoms with Crippen molar-refractivity contribution in [1.29, 1.82) is 0 Å². The average molecular weight is 427 g/mol. The lowest BCUT2D eigenvalue weighted by Gasteiger charge is -2.33. The summed E-state index contributed by atoms with van der Waals surface area (Å²) in [6.45, 7) is 6.85. The first-order valence-electron chi connectivity index (χ1n) is 13.6. The summed E-state index contributed by atoms with van der Waals surface area (Å²) < 4.78 is 0. The topological polar surface area (TPSA) is 6.48 Å². The van der Waals surface area contributed by atoms with E-state index in [0.717, 1.165) is 6.54 Å². The molecule has 176 valence electrons. The van der Waals surface area contributed by atoms with Gasteiger partial charge in [0.2, 0.25) is 0 Å². The summed E-state index contributed by atoms with van der Waals surface area (Å²) in [5, 5.41) is 0. The van der Waals surface area contributed by atoms with Gasteiger partial charge in [0, 0.05) is 25.5 Å². The van der Waals surface area contributed by atoms with Crippen LogP contribution in [-0.2, 0) is 6.54 Å². The van der Waals surface area contributed by atoms with Gasteiger partial charge in [-0.2, -0.15) is 0 Å². The van der Waals surface area contributed by atoms with E-state index in [-0.39, 0.29) is 0 Å². The maximum atomic E-state index is 2.63. The van der Waals surface area contributed by atoms with Crippen LogP contribution in [0.15, 0.2) is 42.7 Å². The molecule has 0 saturated carbocycles. The highest BCUT2D eigenvalue weighted by atomic mass is 15.4. The predicted molar refractivity (Wildman–Crippen MR) is 137 cm³/mol. The lowest BCUT2D eigenvalue weighted by Crippen LogP contribution is -2.38. The van der Waals surface area contributed by atoms with Gasteiger partial charge in [-0.05, 0) is 24.8 Å². The van der Waals surface area contributed by atoms with Gasteiger partial charge in [-0.15, -0.1) is 0 Å². The van der Waals surface area contributed by atoms with Crippen LogP contribution in [0.5, 0.6) is 0 Å². The van der Waals surface area contributed by atoms with Gasteiger partial charge in [-0.25, -0.2) is 0 Å². The number of hydrogen-bond acceptors (Lipinski definition) is 2. The third-order valence-corrected chi connectivity index (χ3v) is 6.76. The fourth-order valence-corrected chi connectivity index (χ4v) is 4.78. The summed E-state index contributed by atoms with van der Waals surface area (Å²) in [5.74, 6) is 0. The summed E-state index contributed by atoms with van der Waals surface area (Å²) in [5.41, 5.74) is 1.42. The van der Waals surface area contributed by atoms with Gasteiger partial charge in [0.15, 0.2) is 0 Å². The zero-order chi connectivity index (χ0) is 22.0. The Kier molecular flexibility index (Phi) is 14.3. The molecule has 1 aromatic rings. The Labute approximate surface area is 194 Å². The zero-order valence-corrected chi connectivity index (χ0v) is 20.7. The van der Waals surface area contributed by atoms with Crippen LogP contribution < -0.4 is 0 Å². The standard InChI is InChI=1S/C29H50N2/c1-3-5-7-9-11-12-13-14-19-23-29-30(24-20-15-10-8-6-4-2)25-26-31(29)27-28-21-17-16-18-22-28/h16-18,21-22,25-26,29H,3-15,19-20,23-24,27H2,1-2H3.